The molecule has 0 saturated heterocycles. The number of halogens is 1. The Morgan fingerprint density at radius 2 is 1.88 bits per heavy atom. The molecule has 0 saturated carbocycles. The van der Waals surface area contributed by atoms with Crippen LogP contribution in [0.2, 0.25) is 0 Å². The number of rotatable bonds is 4. The lowest BCUT2D eigenvalue weighted by Crippen LogP contribution is -2.34. The quantitative estimate of drug-likeness (QED) is 0.638. The monoisotopic (exact) mass is 348 g/mol. The number of methoxy groups -OCH3 is 1. The Labute approximate surface area is 113 Å². The van der Waals surface area contributed by atoms with E-state index >= 15 is 0 Å². The molecule has 17 heavy (non-hydrogen) atoms. The summed E-state index contributed by atoms with van der Waals surface area (Å²) in [7, 11) is 1.29. The molecule has 6 heteroatoms. The van der Waals surface area contributed by atoms with Crippen LogP contribution >= 0.6 is 22.6 Å². The predicted octanol–water partition coefficient (Wildman–Crippen LogP) is 1.38. The third-order valence-corrected chi connectivity index (χ3v) is 2.92. The minimum absolute atomic E-state index is 0.151. The highest BCUT2D eigenvalue weighted by atomic mass is 127. The Kier molecular flexibility index (Phi) is 5.75. The molecule has 1 aromatic carbocycles. The second kappa shape index (κ2) is 7.10. The lowest BCUT2D eigenvalue weighted by Gasteiger charge is -2.07. The van der Waals surface area contributed by atoms with Crippen molar-refractivity contribution in [3.8, 4) is 0 Å². The molecular formula is C11H13IN2O3. The fourth-order valence-corrected chi connectivity index (χ4v) is 1.79. The molecule has 1 rings (SSSR count). The fraction of sp³-hybridized carbons (Fsp3) is 0.273. The Morgan fingerprint density at radius 3 is 2.53 bits per heavy atom. The first-order chi connectivity index (χ1) is 8.15. The van der Waals surface area contributed by atoms with Gasteiger partial charge in [0.25, 0.3) is 5.91 Å². The van der Waals surface area contributed by atoms with Crippen molar-refractivity contribution >= 4 is 34.6 Å². The molecule has 1 aromatic rings. The highest BCUT2D eigenvalue weighted by molar-refractivity contribution is 14.1. The number of alkyl carbamates (subject to hydrolysis) is 1. The van der Waals surface area contributed by atoms with E-state index in [9.17, 15) is 9.59 Å². The minimum atomic E-state index is -0.506. The number of nitrogens with one attached hydrogen (secondary N) is 2. The van der Waals surface area contributed by atoms with Gasteiger partial charge in [0.2, 0.25) is 0 Å². The number of hydrogen-bond acceptors (Lipinski definition) is 3. The first-order valence-corrected chi connectivity index (χ1v) is 6.07. The van der Waals surface area contributed by atoms with E-state index in [4.69, 9.17) is 0 Å². The van der Waals surface area contributed by atoms with Gasteiger partial charge >= 0.3 is 6.09 Å². The molecule has 0 fully saturated rings. The predicted molar refractivity (Wildman–Crippen MR) is 71.9 cm³/mol. The van der Waals surface area contributed by atoms with E-state index in [1.165, 1.54) is 7.11 Å². The van der Waals surface area contributed by atoms with Crippen molar-refractivity contribution in [3.63, 3.8) is 0 Å². The molecule has 0 radical (unpaired) electrons. The molecule has 2 N–H and O–H groups in total. The SMILES string of the molecule is COC(=O)NCCNC(=O)c1ccccc1I. The van der Waals surface area contributed by atoms with Gasteiger partial charge in [-0.1, -0.05) is 12.1 Å². The molecule has 0 aliphatic heterocycles. The summed E-state index contributed by atoms with van der Waals surface area (Å²) < 4.78 is 5.29. The van der Waals surface area contributed by atoms with Crippen LogP contribution in [0.15, 0.2) is 24.3 Å². The standard InChI is InChI=1S/C11H13IN2O3/c1-17-11(16)14-7-6-13-10(15)8-4-2-3-5-9(8)12/h2-5H,6-7H2,1H3,(H,13,15)(H,14,16). The van der Waals surface area contributed by atoms with Gasteiger partial charge in [-0.25, -0.2) is 4.79 Å². The summed E-state index contributed by atoms with van der Waals surface area (Å²) in [5.74, 6) is -0.151. The molecule has 0 aliphatic rings. The molecule has 0 aliphatic carbocycles. The largest absolute Gasteiger partial charge is 0.453 e. The summed E-state index contributed by atoms with van der Waals surface area (Å²) >= 11 is 2.10. The van der Waals surface area contributed by atoms with Crippen LogP contribution in [0.5, 0.6) is 0 Å². The molecule has 5 nitrogen and oxygen atoms in total. The van der Waals surface area contributed by atoms with E-state index < -0.39 is 6.09 Å². The van der Waals surface area contributed by atoms with Gasteiger partial charge in [-0.2, -0.15) is 0 Å². The van der Waals surface area contributed by atoms with Crippen LogP contribution in [0.1, 0.15) is 10.4 Å². The summed E-state index contributed by atoms with van der Waals surface area (Å²) in [5.41, 5.74) is 0.631. The van der Waals surface area contributed by atoms with Crippen LogP contribution in [-0.4, -0.2) is 32.2 Å². The van der Waals surface area contributed by atoms with Gasteiger partial charge in [0.05, 0.1) is 12.7 Å². The van der Waals surface area contributed by atoms with Crippen molar-refractivity contribution in [3.05, 3.63) is 33.4 Å². The Morgan fingerprint density at radius 1 is 1.24 bits per heavy atom. The maximum Gasteiger partial charge on any atom is 0.406 e. The molecule has 0 atom stereocenters. The van der Waals surface area contributed by atoms with Crippen molar-refractivity contribution in [2.24, 2.45) is 0 Å². The Hall–Kier alpha value is -1.31. The van der Waals surface area contributed by atoms with E-state index in [2.05, 4.69) is 38.0 Å². The van der Waals surface area contributed by atoms with Crippen LogP contribution in [0, 0.1) is 3.57 Å². The van der Waals surface area contributed by atoms with E-state index in [0.717, 1.165) is 3.57 Å². The second-order valence-electron chi connectivity index (χ2n) is 3.15. The highest BCUT2D eigenvalue weighted by Crippen LogP contribution is 2.10. The van der Waals surface area contributed by atoms with E-state index in [0.29, 0.717) is 18.7 Å². The van der Waals surface area contributed by atoms with Crippen molar-refractivity contribution in [2.75, 3.05) is 20.2 Å². The highest BCUT2D eigenvalue weighted by Gasteiger charge is 2.07. The Balaban J connectivity index is 2.36. The number of amides is 2. The first-order valence-electron chi connectivity index (χ1n) is 4.99. The van der Waals surface area contributed by atoms with E-state index in [-0.39, 0.29) is 5.91 Å². The van der Waals surface area contributed by atoms with Crippen LogP contribution < -0.4 is 10.6 Å². The third kappa shape index (κ3) is 4.59. The molecule has 0 spiro atoms. The summed E-state index contributed by atoms with van der Waals surface area (Å²) in [6, 6.07) is 7.30. The van der Waals surface area contributed by atoms with Crippen molar-refractivity contribution in [1.82, 2.24) is 10.6 Å². The summed E-state index contributed by atoms with van der Waals surface area (Å²) in [6.45, 7) is 0.695. The number of hydrogen-bond donors (Lipinski definition) is 2. The zero-order chi connectivity index (χ0) is 12.7. The number of benzene rings is 1. The van der Waals surface area contributed by atoms with Crippen LogP contribution in [0.3, 0.4) is 0 Å². The maximum atomic E-state index is 11.7. The van der Waals surface area contributed by atoms with Gasteiger partial charge < -0.3 is 15.4 Å². The average molecular weight is 348 g/mol. The molecular weight excluding hydrogens is 335 g/mol. The summed E-state index contributed by atoms with van der Waals surface area (Å²) in [6.07, 6.45) is -0.506. The molecule has 0 unspecified atom stereocenters. The fourth-order valence-electron chi connectivity index (χ4n) is 1.15. The maximum absolute atomic E-state index is 11.7. The Bertz CT molecular complexity index is 409. The zero-order valence-corrected chi connectivity index (χ0v) is 11.5. The van der Waals surface area contributed by atoms with Gasteiger partial charge in [0.1, 0.15) is 0 Å². The van der Waals surface area contributed by atoms with E-state index in [1.807, 2.05) is 18.2 Å². The van der Waals surface area contributed by atoms with Gasteiger partial charge in [0, 0.05) is 16.7 Å². The number of ether oxygens (including phenoxy) is 1. The topological polar surface area (TPSA) is 67.4 Å². The average Bonchev–Trinajstić information content (AvgIpc) is 2.34. The normalized spacial score (nSPS) is 9.53. The van der Waals surface area contributed by atoms with Crippen LogP contribution in [-0.2, 0) is 4.74 Å². The van der Waals surface area contributed by atoms with Gasteiger partial charge in [-0.15, -0.1) is 0 Å². The first kappa shape index (κ1) is 13.8. The second-order valence-corrected chi connectivity index (χ2v) is 4.32. The zero-order valence-electron chi connectivity index (χ0n) is 9.33. The van der Waals surface area contributed by atoms with Crippen molar-refractivity contribution < 1.29 is 14.3 Å². The third-order valence-electron chi connectivity index (χ3n) is 1.98. The van der Waals surface area contributed by atoms with Gasteiger partial charge in [-0.3, -0.25) is 4.79 Å². The minimum Gasteiger partial charge on any atom is -0.453 e. The lowest BCUT2D eigenvalue weighted by molar-refractivity contribution is 0.0952. The van der Waals surface area contributed by atoms with Crippen LogP contribution in [0.25, 0.3) is 0 Å². The molecule has 0 aromatic heterocycles. The number of carbonyl (C=O) groups is 2. The van der Waals surface area contributed by atoms with Crippen molar-refractivity contribution in [1.29, 1.82) is 0 Å². The molecule has 0 bridgehead atoms. The molecule has 2 amide bonds. The van der Waals surface area contributed by atoms with E-state index in [1.54, 1.807) is 6.07 Å². The molecule has 92 valence electrons. The smallest absolute Gasteiger partial charge is 0.406 e. The lowest BCUT2D eigenvalue weighted by atomic mass is 10.2. The van der Waals surface area contributed by atoms with Gasteiger partial charge in [-0.05, 0) is 34.7 Å². The van der Waals surface area contributed by atoms with Gasteiger partial charge in [0.15, 0.2) is 0 Å². The summed E-state index contributed by atoms with van der Waals surface area (Å²) in [4.78, 5) is 22.5. The molecule has 0 heterocycles. The number of carbonyl (C=O) groups excluding carboxylic acids is 2. The van der Waals surface area contributed by atoms with Crippen LogP contribution in [0.4, 0.5) is 4.79 Å². The van der Waals surface area contributed by atoms with Crippen molar-refractivity contribution in [2.45, 2.75) is 0 Å². The summed E-state index contributed by atoms with van der Waals surface area (Å²) in [5, 5.41) is 5.18.